The molecule has 0 amide bonds. The zero-order chi connectivity index (χ0) is 43.4. The van der Waals surface area contributed by atoms with E-state index in [0.717, 1.165) is 75.5 Å². The second-order valence-corrected chi connectivity index (χ2v) is 19.4. The average molecular weight is 835 g/mol. The molecule has 0 aromatic heterocycles. The van der Waals surface area contributed by atoms with Crippen molar-refractivity contribution in [3.05, 3.63) is 0 Å². The highest BCUT2D eigenvalue weighted by Crippen LogP contribution is 2.18. The van der Waals surface area contributed by atoms with Crippen LogP contribution in [0.3, 0.4) is 0 Å². The largest absolute Gasteiger partial charge is 0.462 e. The van der Waals surface area contributed by atoms with Crippen molar-refractivity contribution in [2.45, 2.75) is 292 Å². The summed E-state index contributed by atoms with van der Waals surface area (Å²) in [4.78, 5) is 37.9. The summed E-state index contributed by atoms with van der Waals surface area (Å²) in [5.74, 6) is 1.62. The molecule has 0 aliphatic heterocycles. The summed E-state index contributed by atoms with van der Waals surface area (Å²) < 4.78 is 16.8. The summed E-state index contributed by atoms with van der Waals surface area (Å²) in [6.07, 6.45) is 43.8. The number of ether oxygens (including phenoxy) is 3. The predicted molar refractivity (Wildman–Crippen MR) is 252 cm³/mol. The first-order valence-electron chi connectivity index (χ1n) is 26.1. The van der Waals surface area contributed by atoms with E-state index in [4.69, 9.17) is 14.2 Å². The Bertz CT molecular complexity index is 916. The van der Waals surface area contributed by atoms with Gasteiger partial charge in [0.2, 0.25) is 0 Å². The fourth-order valence-electron chi connectivity index (χ4n) is 7.91. The van der Waals surface area contributed by atoms with Gasteiger partial charge in [0.15, 0.2) is 6.10 Å². The lowest BCUT2D eigenvalue weighted by atomic mass is 9.99. The average Bonchev–Trinajstić information content (AvgIpc) is 3.20. The molecular weight excluding hydrogens is 733 g/mol. The van der Waals surface area contributed by atoms with Gasteiger partial charge in [0, 0.05) is 19.3 Å². The third-order valence-electron chi connectivity index (χ3n) is 12.3. The van der Waals surface area contributed by atoms with E-state index < -0.39 is 6.10 Å². The van der Waals surface area contributed by atoms with Crippen LogP contribution in [0.25, 0.3) is 0 Å². The molecule has 59 heavy (non-hydrogen) atoms. The maximum absolute atomic E-state index is 12.8. The predicted octanol–water partition coefficient (Wildman–Crippen LogP) is 16.8. The molecule has 0 aliphatic rings. The topological polar surface area (TPSA) is 78.9 Å². The molecule has 0 fully saturated rings. The summed E-state index contributed by atoms with van der Waals surface area (Å²) in [6.45, 7) is 13.7. The van der Waals surface area contributed by atoms with E-state index in [0.29, 0.717) is 19.3 Å². The molecule has 0 spiro atoms. The zero-order valence-corrected chi connectivity index (χ0v) is 40.5. The molecule has 0 aliphatic carbocycles. The molecule has 0 saturated carbocycles. The minimum atomic E-state index is -0.763. The van der Waals surface area contributed by atoms with Crippen molar-refractivity contribution in [1.82, 2.24) is 0 Å². The molecule has 350 valence electrons. The van der Waals surface area contributed by atoms with Gasteiger partial charge in [-0.05, 0) is 37.0 Å². The first-order chi connectivity index (χ1) is 28.6. The van der Waals surface area contributed by atoms with Gasteiger partial charge >= 0.3 is 17.9 Å². The van der Waals surface area contributed by atoms with Crippen molar-refractivity contribution in [2.75, 3.05) is 13.2 Å². The molecule has 0 N–H and O–H groups in total. The minimum absolute atomic E-state index is 0.0653. The number of unbranched alkanes of at least 4 members (excludes halogenated alkanes) is 28. The molecule has 6 heteroatoms. The Morgan fingerprint density at radius 2 is 0.593 bits per heavy atom. The number of esters is 3. The smallest absolute Gasteiger partial charge is 0.306 e. The van der Waals surface area contributed by atoms with Crippen LogP contribution in [-0.4, -0.2) is 37.2 Å². The molecule has 0 radical (unpaired) electrons. The third-order valence-corrected chi connectivity index (χ3v) is 12.3. The summed E-state index contributed by atoms with van der Waals surface area (Å²) in [5.41, 5.74) is 0. The molecule has 2 atom stereocenters. The van der Waals surface area contributed by atoms with Gasteiger partial charge in [0.25, 0.3) is 0 Å². The Labute approximate surface area is 368 Å². The summed E-state index contributed by atoms with van der Waals surface area (Å²) >= 11 is 0. The first kappa shape index (κ1) is 57.4. The van der Waals surface area contributed by atoms with Crippen LogP contribution in [0, 0.1) is 17.8 Å². The van der Waals surface area contributed by atoms with Gasteiger partial charge in [-0.25, -0.2) is 0 Å². The van der Waals surface area contributed by atoms with Gasteiger partial charge in [0.1, 0.15) is 13.2 Å². The molecule has 0 aromatic rings. The molecule has 0 heterocycles. The standard InChI is InChI=1S/C53H102O6/c1-7-49(6)41-35-29-22-18-15-16-20-24-32-38-44-53(56)59-50(46-58-52(55)43-37-31-26-25-28-34-40-48(4)5)45-57-51(54)42-36-30-23-19-14-12-10-8-9-11-13-17-21-27-33-39-47(2)3/h47-50H,7-46H2,1-6H3/t49?,50-/m1/s1. The third kappa shape index (κ3) is 45.8. The fourth-order valence-corrected chi connectivity index (χ4v) is 7.91. The van der Waals surface area contributed by atoms with Crippen molar-refractivity contribution < 1.29 is 28.6 Å². The van der Waals surface area contributed by atoms with Crippen LogP contribution >= 0.6 is 0 Å². The Morgan fingerprint density at radius 1 is 0.339 bits per heavy atom. The molecule has 0 rings (SSSR count). The number of rotatable bonds is 46. The lowest BCUT2D eigenvalue weighted by Gasteiger charge is -2.18. The van der Waals surface area contributed by atoms with Crippen LogP contribution in [0.4, 0.5) is 0 Å². The fraction of sp³-hybridized carbons (Fsp3) is 0.943. The summed E-state index contributed by atoms with van der Waals surface area (Å²) in [6, 6.07) is 0. The Kier molecular flexibility index (Phi) is 43.3. The van der Waals surface area contributed by atoms with Crippen molar-refractivity contribution in [3.63, 3.8) is 0 Å². The van der Waals surface area contributed by atoms with E-state index in [2.05, 4.69) is 41.5 Å². The second kappa shape index (κ2) is 44.5. The van der Waals surface area contributed by atoms with Gasteiger partial charge in [-0.15, -0.1) is 0 Å². The molecular formula is C53H102O6. The Hall–Kier alpha value is -1.59. The Balaban J connectivity index is 4.25. The maximum Gasteiger partial charge on any atom is 0.306 e. The van der Waals surface area contributed by atoms with Crippen molar-refractivity contribution in [2.24, 2.45) is 17.8 Å². The summed E-state index contributed by atoms with van der Waals surface area (Å²) in [7, 11) is 0. The van der Waals surface area contributed by atoms with E-state index in [1.165, 1.54) is 167 Å². The van der Waals surface area contributed by atoms with E-state index in [1.807, 2.05) is 0 Å². The van der Waals surface area contributed by atoms with Gasteiger partial charge in [0.05, 0.1) is 0 Å². The van der Waals surface area contributed by atoms with Crippen LogP contribution in [0.2, 0.25) is 0 Å². The van der Waals surface area contributed by atoms with E-state index >= 15 is 0 Å². The quantitative estimate of drug-likeness (QED) is 0.0345. The molecule has 1 unspecified atom stereocenters. The number of hydrogen-bond donors (Lipinski definition) is 0. The second-order valence-electron chi connectivity index (χ2n) is 19.4. The maximum atomic E-state index is 12.8. The minimum Gasteiger partial charge on any atom is -0.462 e. The van der Waals surface area contributed by atoms with Gasteiger partial charge in [-0.2, -0.15) is 0 Å². The highest BCUT2D eigenvalue weighted by atomic mass is 16.6. The monoisotopic (exact) mass is 835 g/mol. The van der Waals surface area contributed by atoms with Gasteiger partial charge < -0.3 is 14.2 Å². The molecule has 0 aromatic carbocycles. The van der Waals surface area contributed by atoms with E-state index in [1.54, 1.807) is 0 Å². The van der Waals surface area contributed by atoms with Crippen molar-refractivity contribution in [3.8, 4) is 0 Å². The van der Waals surface area contributed by atoms with Gasteiger partial charge in [-0.1, -0.05) is 247 Å². The Morgan fingerprint density at radius 3 is 0.881 bits per heavy atom. The van der Waals surface area contributed by atoms with E-state index in [-0.39, 0.29) is 31.1 Å². The number of carbonyl (C=O) groups is 3. The highest BCUT2D eigenvalue weighted by molar-refractivity contribution is 5.71. The van der Waals surface area contributed by atoms with Crippen molar-refractivity contribution in [1.29, 1.82) is 0 Å². The normalized spacial score (nSPS) is 12.6. The van der Waals surface area contributed by atoms with E-state index in [9.17, 15) is 14.4 Å². The zero-order valence-electron chi connectivity index (χ0n) is 40.5. The van der Waals surface area contributed by atoms with Crippen LogP contribution in [-0.2, 0) is 28.6 Å². The van der Waals surface area contributed by atoms with Gasteiger partial charge in [-0.3, -0.25) is 14.4 Å². The first-order valence-corrected chi connectivity index (χ1v) is 26.1. The van der Waals surface area contributed by atoms with Crippen LogP contribution in [0.15, 0.2) is 0 Å². The molecule has 0 saturated heterocycles. The number of hydrogen-bond acceptors (Lipinski definition) is 6. The van der Waals surface area contributed by atoms with Crippen LogP contribution < -0.4 is 0 Å². The number of carbonyl (C=O) groups excluding carboxylic acids is 3. The SMILES string of the molecule is CCC(C)CCCCCCCCCCCCC(=O)O[C@H](COC(=O)CCCCCCCCCCCCCCCCCC(C)C)COC(=O)CCCCCCCCC(C)C. The van der Waals surface area contributed by atoms with Crippen LogP contribution in [0.1, 0.15) is 286 Å². The summed E-state index contributed by atoms with van der Waals surface area (Å²) in [5, 5.41) is 0. The lowest BCUT2D eigenvalue weighted by molar-refractivity contribution is -0.167. The molecule has 6 nitrogen and oxygen atoms in total. The highest BCUT2D eigenvalue weighted by Gasteiger charge is 2.19. The van der Waals surface area contributed by atoms with Crippen LogP contribution in [0.5, 0.6) is 0 Å². The van der Waals surface area contributed by atoms with Crippen molar-refractivity contribution >= 4 is 17.9 Å². The molecule has 0 bridgehead atoms. The lowest BCUT2D eigenvalue weighted by Crippen LogP contribution is -2.30.